The minimum Gasteiger partial charge on any atom is -0.322 e. The van der Waals surface area contributed by atoms with Crippen LogP contribution in [0.25, 0.3) is 10.9 Å². The van der Waals surface area contributed by atoms with Gasteiger partial charge in [0.05, 0.1) is 0 Å². The number of pyridine rings is 1. The van der Waals surface area contributed by atoms with Crippen molar-refractivity contribution in [1.82, 2.24) is 4.98 Å². The number of hydrogen-bond acceptors (Lipinski definition) is 2. The van der Waals surface area contributed by atoms with E-state index in [4.69, 9.17) is 0 Å². The number of aromatic nitrogens is 1. The lowest BCUT2D eigenvalue weighted by Crippen LogP contribution is -2.02. The summed E-state index contributed by atoms with van der Waals surface area (Å²) in [5.41, 5.74) is 0.852. The van der Waals surface area contributed by atoms with Gasteiger partial charge in [0.25, 0.3) is 0 Å². The van der Waals surface area contributed by atoms with Gasteiger partial charge < -0.3 is 4.98 Å². The lowest BCUT2D eigenvalue weighted by molar-refractivity contribution is 1.29. The van der Waals surface area contributed by atoms with Crippen molar-refractivity contribution in [3.63, 3.8) is 0 Å². The molecule has 0 aliphatic heterocycles. The summed E-state index contributed by atoms with van der Waals surface area (Å²) < 4.78 is 0. The molecule has 3 heteroatoms. The highest BCUT2D eigenvalue weighted by atomic mass is 32.2. The van der Waals surface area contributed by atoms with Crippen molar-refractivity contribution in [3.8, 4) is 0 Å². The van der Waals surface area contributed by atoms with Crippen molar-refractivity contribution in [2.24, 2.45) is 0 Å². The maximum absolute atomic E-state index is 11.0. The second-order valence-corrected chi connectivity index (χ2v) is 3.59. The number of rotatable bonds is 1. The zero-order chi connectivity index (χ0) is 9.26. The first-order valence-corrected chi connectivity index (χ1v) is 5.20. The van der Waals surface area contributed by atoms with Gasteiger partial charge in [-0.15, -0.1) is 11.8 Å². The molecule has 0 spiro atoms. The molecule has 0 atom stereocenters. The van der Waals surface area contributed by atoms with Crippen LogP contribution in [-0.4, -0.2) is 11.2 Å². The van der Waals surface area contributed by atoms with Gasteiger partial charge in [0, 0.05) is 21.9 Å². The fraction of sp³-hybridized carbons (Fsp3) is 0.100. The van der Waals surface area contributed by atoms with Crippen LogP contribution in [0.2, 0.25) is 0 Å². The molecule has 0 fully saturated rings. The molecule has 66 valence electrons. The Hall–Kier alpha value is -1.22. The fourth-order valence-corrected chi connectivity index (χ4v) is 1.95. The minimum atomic E-state index is -0.0502. The zero-order valence-corrected chi connectivity index (χ0v) is 8.02. The van der Waals surface area contributed by atoms with E-state index < -0.39 is 0 Å². The number of aromatic amines is 1. The van der Waals surface area contributed by atoms with Crippen molar-refractivity contribution in [3.05, 3.63) is 40.7 Å². The number of H-pyrrole nitrogens is 1. The summed E-state index contributed by atoms with van der Waals surface area (Å²) in [6.45, 7) is 0. The molecule has 0 amide bonds. The summed E-state index contributed by atoms with van der Waals surface area (Å²) in [7, 11) is 0. The molecular formula is C10H9NOS. The number of thioether (sulfide) groups is 1. The van der Waals surface area contributed by atoms with Crippen LogP contribution in [0.4, 0.5) is 0 Å². The maximum Gasteiger partial charge on any atom is 0.248 e. The van der Waals surface area contributed by atoms with E-state index in [-0.39, 0.29) is 5.56 Å². The van der Waals surface area contributed by atoms with Crippen LogP contribution >= 0.6 is 11.8 Å². The first kappa shape index (κ1) is 8.38. The van der Waals surface area contributed by atoms with Gasteiger partial charge in [-0.05, 0) is 24.5 Å². The quantitative estimate of drug-likeness (QED) is 0.701. The van der Waals surface area contributed by atoms with Crippen LogP contribution < -0.4 is 5.56 Å². The molecule has 0 radical (unpaired) electrons. The van der Waals surface area contributed by atoms with Gasteiger partial charge in [-0.3, -0.25) is 4.79 Å². The van der Waals surface area contributed by atoms with Gasteiger partial charge in [0.1, 0.15) is 0 Å². The summed E-state index contributed by atoms with van der Waals surface area (Å²) in [4.78, 5) is 15.0. The summed E-state index contributed by atoms with van der Waals surface area (Å²) in [6, 6.07) is 9.33. The predicted molar refractivity (Wildman–Crippen MR) is 56.3 cm³/mol. The number of fused-ring (bicyclic) bond motifs is 1. The second kappa shape index (κ2) is 3.26. The highest BCUT2D eigenvalue weighted by Gasteiger charge is 1.98. The summed E-state index contributed by atoms with van der Waals surface area (Å²) in [5.74, 6) is 0. The van der Waals surface area contributed by atoms with E-state index in [2.05, 4.69) is 4.98 Å². The summed E-state index contributed by atoms with van der Waals surface area (Å²) in [5, 5.41) is 1.11. The normalized spacial score (nSPS) is 10.5. The van der Waals surface area contributed by atoms with Crippen LogP contribution in [0.1, 0.15) is 0 Å². The molecule has 2 nitrogen and oxygen atoms in total. The average molecular weight is 191 g/mol. The van der Waals surface area contributed by atoms with Crippen molar-refractivity contribution in [2.45, 2.75) is 4.90 Å². The van der Waals surface area contributed by atoms with Crippen LogP contribution in [0.15, 0.2) is 40.0 Å². The molecule has 13 heavy (non-hydrogen) atoms. The van der Waals surface area contributed by atoms with Crippen molar-refractivity contribution >= 4 is 22.7 Å². The SMILES string of the molecule is CSc1cccc2[nH]c(=O)ccc12. The van der Waals surface area contributed by atoms with E-state index in [1.54, 1.807) is 17.8 Å². The largest absolute Gasteiger partial charge is 0.322 e. The van der Waals surface area contributed by atoms with Crippen LogP contribution in [0, 0.1) is 0 Å². The Morgan fingerprint density at radius 3 is 2.85 bits per heavy atom. The Morgan fingerprint density at radius 1 is 1.23 bits per heavy atom. The molecule has 1 heterocycles. The molecule has 0 aliphatic rings. The van der Waals surface area contributed by atoms with Gasteiger partial charge in [0.2, 0.25) is 5.56 Å². The van der Waals surface area contributed by atoms with Crippen LogP contribution in [0.3, 0.4) is 0 Å². The Morgan fingerprint density at radius 2 is 2.08 bits per heavy atom. The molecular weight excluding hydrogens is 182 g/mol. The van der Waals surface area contributed by atoms with Gasteiger partial charge in [-0.25, -0.2) is 0 Å². The highest BCUT2D eigenvalue weighted by Crippen LogP contribution is 2.23. The molecule has 2 rings (SSSR count). The molecule has 0 bridgehead atoms. The summed E-state index contributed by atoms with van der Waals surface area (Å²) >= 11 is 1.68. The molecule has 0 saturated carbocycles. The monoisotopic (exact) mass is 191 g/mol. The van der Waals surface area contributed by atoms with Gasteiger partial charge >= 0.3 is 0 Å². The average Bonchev–Trinajstić information content (AvgIpc) is 2.16. The molecule has 0 saturated heterocycles. The van der Waals surface area contributed by atoms with Crippen LogP contribution in [-0.2, 0) is 0 Å². The smallest absolute Gasteiger partial charge is 0.248 e. The Balaban J connectivity index is 2.85. The van der Waals surface area contributed by atoms with E-state index in [1.165, 1.54) is 4.90 Å². The van der Waals surface area contributed by atoms with Gasteiger partial charge in [-0.1, -0.05) is 6.07 Å². The molecule has 0 aliphatic carbocycles. The first-order chi connectivity index (χ1) is 6.31. The first-order valence-electron chi connectivity index (χ1n) is 3.97. The number of hydrogen-bond donors (Lipinski definition) is 1. The minimum absolute atomic E-state index is 0.0502. The van der Waals surface area contributed by atoms with E-state index in [0.717, 1.165) is 10.9 Å². The Kier molecular flexibility index (Phi) is 2.10. The predicted octanol–water partition coefficient (Wildman–Crippen LogP) is 2.25. The Bertz CT molecular complexity index is 489. The maximum atomic E-state index is 11.0. The topological polar surface area (TPSA) is 32.9 Å². The number of benzene rings is 1. The number of nitrogens with one attached hydrogen (secondary N) is 1. The zero-order valence-electron chi connectivity index (χ0n) is 7.20. The van der Waals surface area contributed by atoms with Crippen molar-refractivity contribution in [1.29, 1.82) is 0 Å². The molecule has 1 aromatic carbocycles. The van der Waals surface area contributed by atoms with Gasteiger partial charge in [0.15, 0.2) is 0 Å². The molecule has 0 unspecified atom stereocenters. The lowest BCUT2D eigenvalue weighted by atomic mass is 10.2. The van der Waals surface area contributed by atoms with Gasteiger partial charge in [-0.2, -0.15) is 0 Å². The molecule has 2 aromatic rings. The van der Waals surface area contributed by atoms with Crippen molar-refractivity contribution < 1.29 is 0 Å². The van der Waals surface area contributed by atoms with Crippen LogP contribution in [0.5, 0.6) is 0 Å². The van der Waals surface area contributed by atoms with E-state index in [0.29, 0.717) is 0 Å². The fourth-order valence-electron chi connectivity index (χ4n) is 1.34. The van der Waals surface area contributed by atoms with E-state index >= 15 is 0 Å². The third-order valence-corrected chi connectivity index (χ3v) is 2.74. The highest BCUT2D eigenvalue weighted by molar-refractivity contribution is 7.98. The van der Waals surface area contributed by atoms with E-state index in [1.807, 2.05) is 30.5 Å². The standard InChI is InChI=1S/C10H9NOS/c1-13-9-4-2-3-8-7(9)5-6-10(12)11-8/h2-6H,1H3,(H,11,12). The molecule has 1 aromatic heterocycles. The molecule has 1 N–H and O–H groups in total. The Labute approximate surface area is 80.0 Å². The third kappa shape index (κ3) is 1.47. The van der Waals surface area contributed by atoms with Crippen molar-refractivity contribution in [2.75, 3.05) is 6.26 Å². The van der Waals surface area contributed by atoms with E-state index in [9.17, 15) is 4.79 Å². The summed E-state index contributed by atoms with van der Waals surface area (Å²) in [6.07, 6.45) is 2.03. The second-order valence-electron chi connectivity index (χ2n) is 2.74. The third-order valence-electron chi connectivity index (χ3n) is 1.95. The lowest BCUT2D eigenvalue weighted by Gasteiger charge is -2.01.